The molecule has 0 aliphatic carbocycles. The van der Waals surface area contributed by atoms with Crippen molar-refractivity contribution in [1.82, 2.24) is 9.80 Å². The normalized spacial score (nSPS) is 18.0. The second-order valence-corrected chi connectivity index (χ2v) is 6.78. The molecule has 1 atom stereocenters. The molecule has 3 aromatic rings. The Balaban J connectivity index is 1.63. The van der Waals surface area contributed by atoms with Gasteiger partial charge < -0.3 is 9.32 Å². The molecule has 1 aliphatic heterocycles. The first-order chi connectivity index (χ1) is 13.0. The molecule has 0 saturated carbocycles. The Kier molecular flexibility index (Phi) is 4.49. The molecule has 1 aliphatic rings. The number of halogens is 1. The van der Waals surface area contributed by atoms with Crippen molar-refractivity contribution in [2.75, 3.05) is 26.7 Å². The zero-order valence-electron chi connectivity index (χ0n) is 14.9. The minimum absolute atomic E-state index is 0.0381. The van der Waals surface area contributed by atoms with Crippen LogP contribution < -0.4 is 5.63 Å². The summed E-state index contributed by atoms with van der Waals surface area (Å²) in [6.45, 7) is 1.60. The molecule has 0 bridgehead atoms. The van der Waals surface area contributed by atoms with E-state index in [1.165, 1.54) is 12.1 Å². The first-order valence-electron chi connectivity index (χ1n) is 8.81. The highest BCUT2D eigenvalue weighted by atomic mass is 19.1. The molecule has 1 aromatic heterocycles. The molecule has 138 valence electrons. The quantitative estimate of drug-likeness (QED) is 0.654. The van der Waals surface area contributed by atoms with Crippen LogP contribution in [0.3, 0.4) is 0 Å². The average Bonchev–Trinajstić information content (AvgIpc) is 2.68. The van der Waals surface area contributed by atoms with E-state index in [0.717, 1.165) is 5.56 Å². The van der Waals surface area contributed by atoms with Gasteiger partial charge in [-0.3, -0.25) is 9.69 Å². The lowest BCUT2D eigenvalue weighted by molar-refractivity contribution is 0.0542. The van der Waals surface area contributed by atoms with Crippen LogP contribution >= 0.6 is 0 Å². The van der Waals surface area contributed by atoms with E-state index in [1.54, 1.807) is 41.3 Å². The van der Waals surface area contributed by atoms with Crippen molar-refractivity contribution >= 4 is 16.9 Å². The van der Waals surface area contributed by atoms with Crippen LogP contribution in [0.5, 0.6) is 0 Å². The second-order valence-electron chi connectivity index (χ2n) is 6.78. The number of hydrogen-bond acceptors (Lipinski definition) is 4. The van der Waals surface area contributed by atoms with Crippen LogP contribution in [-0.4, -0.2) is 42.4 Å². The van der Waals surface area contributed by atoms with Gasteiger partial charge in [0.1, 0.15) is 17.0 Å². The molecule has 2 heterocycles. The van der Waals surface area contributed by atoms with Gasteiger partial charge in [0.15, 0.2) is 0 Å². The van der Waals surface area contributed by atoms with E-state index < -0.39 is 5.63 Å². The van der Waals surface area contributed by atoms with Gasteiger partial charge >= 0.3 is 5.63 Å². The molecular weight excluding hydrogens is 347 g/mol. The van der Waals surface area contributed by atoms with Crippen LogP contribution in [-0.2, 0) is 0 Å². The number of amides is 1. The second kappa shape index (κ2) is 6.96. The van der Waals surface area contributed by atoms with Crippen LogP contribution in [0.2, 0.25) is 0 Å². The van der Waals surface area contributed by atoms with Crippen molar-refractivity contribution in [2.45, 2.75) is 6.04 Å². The molecule has 1 amide bonds. The zero-order chi connectivity index (χ0) is 19.0. The number of likely N-dealkylation sites (N-methyl/N-ethyl adjacent to an activating group) is 1. The SMILES string of the molecule is CN1CCN(C(=O)c2cc3ccccc3oc2=O)CC1c1ccc(F)cc1. The van der Waals surface area contributed by atoms with Crippen molar-refractivity contribution in [1.29, 1.82) is 0 Å². The fraction of sp³-hybridized carbons (Fsp3) is 0.238. The lowest BCUT2D eigenvalue weighted by atomic mass is 10.0. The Labute approximate surface area is 155 Å². The van der Waals surface area contributed by atoms with E-state index in [-0.39, 0.29) is 23.3 Å². The van der Waals surface area contributed by atoms with Crippen LogP contribution in [0, 0.1) is 5.82 Å². The Hall–Kier alpha value is -2.99. The summed E-state index contributed by atoms with van der Waals surface area (Å²) in [7, 11) is 1.97. The summed E-state index contributed by atoms with van der Waals surface area (Å²) in [5, 5.41) is 0.713. The highest BCUT2D eigenvalue weighted by Crippen LogP contribution is 2.25. The molecule has 1 fully saturated rings. The molecule has 5 nitrogen and oxygen atoms in total. The largest absolute Gasteiger partial charge is 0.422 e. The van der Waals surface area contributed by atoms with Gasteiger partial charge in [0.05, 0.1) is 6.04 Å². The lowest BCUT2D eigenvalue weighted by Crippen LogP contribution is -2.49. The highest BCUT2D eigenvalue weighted by molar-refractivity contribution is 5.96. The number of carbonyl (C=O) groups excluding carboxylic acids is 1. The van der Waals surface area contributed by atoms with Gasteiger partial charge in [-0.05, 0) is 36.9 Å². The zero-order valence-corrected chi connectivity index (χ0v) is 14.9. The van der Waals surface area contributed by atoms with Gasteiger partial charge in [-0.25, -0.2) is 9.18 Å². The molecule has 0 radical (unpaired) electrons. The number of rotatable bonds is 2. The summed E-state index contributed by atoms with van der Waals surface area (Å²) >= 11 is 0. The summed E-state index contributed by atoms with van der Waals surface area (Å²) in [5.41, 5.74) is 0.802. The summed E-state index contributed by atoms with van der Waals surface area (Å²) in [5.74, 6) is -0.631. The first-order valence-corrected chi connectivity index (χ1v) is 8.81. The van der Waals surface area contributed by atoms with Gasteiger partial charge in [0.25, 0.3) is 5.91 Å². The maximum Gasteiger partial charge on any atom is 0.349 e. The summed E-state index contributed by atoms with van der Waals surface area (Å²) in [4.78, 5) is 29.1. The third-order valence-electron chi connectivity index (χ3n) is 5.06. The molecule has 1 saturated heterocycles. The van der Waals surface area contributed by atoms with Gasteiger partial charge in [0, 0.05) is 25.0 Å². The van der Waals surface area contributed by atoms with E-state index in [9.17, 15) is 14.0 Å². The predicted octanol–water partition coefficient (Wildman–Crippen LogP) is 3.06. The Morgan fingerprint density at radius 3 is 2.63 bits per heavy atom. The topological polar surface area (TPSA) is 53.8 Å². The standard InChI is InChI=1S/C21H19FN2O3/c1-23-10-11-24(13-18(23)14-6-8-16(22)9-7-14)20(25)17-12-15-4-2-3-5-19(15)27-21(17)26/h2-9,12,18H,10-11,13H2,1H3. The fourth-order valence-electron chi connectivity index (χ4n) is 3.48. The smallest absolute Gasteiger partial charge is 0.349 e. The summed E-state index contributed by atoms with van der Waals surface area (Å²) < 4.78 is 18.5. The number of carbonyl (C=O) groups is 1. The van der Waals surface area contributed by atoms with E-state index in [0.29, 0.717) is 30.6 Å². The maximum atomic E-state index is 13.2. The Bertz CT molecular complexity index is 1050. The van der Waals surface area contributed by atoms with E-state index >= 15 is 0 Å². The Morgan fingerprint density at radius 1 is 1.11 bits per heavy atom. The van der Waals surface area contributed by atoms with Gasteiger partial charge in [0.2, 0.25) is 0 Å². The van der Waals surface area contributed by atoms with Crippen LogP contribution in [0.1, 0.15) is 22.0 Å². The number of para-hydroxylation sites is 1. The first kappa shape index (κ1) is 17.4. The van der Waals surface area contributed by atoms with Gasteiger partial charge in [-0.2, -0.15) is 0 Å². The maximum absolute atomic E-state index is 13.2. The molecule has 0 spiro atoms. The molecule has 2 aromatic carbocycles. The number of benzene rings is 2. The van der Waals surface area contributed by atoms with Crippen molar-refractivity contribution < 1.29 is 13.6 Å². The minimum Gasteiger partial charge on any atom is -0.422 e. The van der Waals surface area contributed by atoms with Crippen molar-refractivity contribution in [3.05, 3.63) is 82.0 Å². The minimum atomic E-state index is -0.629. The van der Waals surface area contributed by atoms with Gasteiger partial charge in [-0.15, -0.1) is 0 Å². The third-order valence-corrected chi connectivity index (χ3v) is 5.06. The molecule has 27 heavy (non-hydrogen) atoms. The van der Waals surface area contributed by atoms with Crippen LogP contribution in [0.4, 0.5) is 4.39 Å². The number of nitrogens with zero attached hydrogens (tertiary/aromatic N) is 2. The molecule has 1 unspecified atom stereocenters. The molecule has 0 N–H and O–H groups in total. The molecular formula is C21H19FN2O3. The summed E-state index contributed by atoms with van der Waals surface area (Å²) in [6, 6.07) is 14.9. The van der Waals surface area contributed by atoms with Crippen molar-refractivity contribution in [3.63, 3.8) is 0 Å². The fourth-order valence-corrected chi connectivity index (χ4v) is 3.48. The van der Waals surface area contributed by atoms with E-state index in [4.69, 9.17) is 4.42 Å². The molecule has 4 rings (SSSR count). The van der Waals surface area contributed by atoms with Gasteiger partial charge in [-0.1, -0.05) is 30.3 Å². The summed E-state index contributed by atoms with van der Waals surface area (Å²) in [6.07, 6.45) is 0. The average molecular weight is 366 g/mol. The highest BCUT2D eigenvalue weighted by Gasteiger charge is 2.30. The van der Waals surface area contributed by atoms with Crippen molar-refractivity contribution in [3.8, 4) is 0 Å². The van der Waals surface area contributed by atoms with Crippen LogP contribution in [0.15, 0.2) is 63.8 Å². The van der Waals surface area contributed by atoms with Crippen LogP contribution in [0.25, 0.3) is 11.0 Å². The van der Waals surface area contributed by atoms with Crippen molar-refractivity contribution in [2.24, 2.45) is 0 Å². The monoisotopic (exact) mass is 366 g/mol. The number of piperazine rings is 1. The number of fused-ring (bicyclic) bond motifs is 1. The third kappa shape index (κ3) is 3.36. The Morgan fingerprint density at radius 2 is 1.85 bits per heavy atom. The van der Waals surface area contributed by atoms with E-state index in [2.05, 4.69) is 4.90 Å². The van der Waals surface area contributed by atoms with E-state index in [1.807, 2.05) is 13.1 Å². The predicted molar refractivity (Wildman–Crippen MR) is 100 cm³/mol. The lowest BCUT2D eigenvalue weighted by Gasteiger charge is -2.39. The molecule has 6 heteroatoms. The number of hydrogen-bond donors (Lipinski definition) is 0.